The Bertz CT molecular complexity index is 772. The lowest BCUT2D eigenvalue weighted by Crippen LogP contribution is -3.09. The molecule has 0 aromatic heterocycles. The van der Waals surface area contributed by atoms with Crippen LogP contribution in [0.1, 0.15) is 26.3 Å². The Balaban J connectivity index is 1.75. The van der Waals surface area contributed by atoms with E-state index in [1.54, 1.807) is 31.4 Å². The lowest BCUT2D eigenvalue weighted by atomic mass is 10.1. The van der Waals surface area contributed by atoms with Crippen molar-refractivity contribution in [1.82, 2.24) is 4.90 Å². The predicted molar refractivity (Wildman–Crippen MR) is 93.1 cm³/mol. The summed E-state index contributed by atoms with van der Waals surface area (Å²) in [6, 6.07) is 12.7. The molecule has 2 aromatic carbocycles. The molecule has 0 spiro atoms. The summed E-state index contributed by atoms with van der Waals surface area (Å²) in [7, 11) is 3.58. The van der Waals surface area contributed by atoms with Crippen molar-refractivity contribution in [2.45, 2.75) is 6.54 Å². The maximum absolute atomic E-state index is 12.4. The van der Waals surface area contributed by atoms with Gasteiger partial charge in [-0.3, -0.25) is 9.59 Å². The van der Waals surface area contributed by atoms with Crippen LogP contribution in [0.15, 0.2) is 46.9 Å². The monoisotopic (exact) mass is 389 g/mol. The van der Waals surface area contributed by atoms with Gasteiger partial charge in [0.1, 0.15) is 12.3 Å². The van der Waals surface area contributed by atoms with Crippen LogP contribution in [0.3, 0.4) is 0 Å². The van der Waals surface area contributed by atoms with E-state index in [1.807, 2.05) is 25.2 Å². The van der Waals surface area contributed by atoms with Gasteiger partial charge in [-0.05, 0) is 30.3 Å². The molecule has 1 unspecified atom stereocenters. The average molecular weight is 390 g/mol. The van der Waals surface area contributed by atoms with E-state index in [9.17, 15) is 9.59 Å². The molecular weight excluding hydrogens is 372 g/mol. The first-order chi connectivity index (χ1) is 11.5. The smallest absolute Gasteiger partial charge is 0.265 e. The van der Waals surface area contributed by atoms with E-state index < -0.39 is 0 Å². The molecule has 1 heterocycles. The molecule has 0 saturated heterocycles. The number of rotatable bonds is 5. The number of hydrogen-bond donors (Lipinski definition) is 1. The Morgan fingerprint density at radius 1 is 1.08 bits per heavy atom. The predicted octanol–water partition coefficient (Wildman–Crippen LogP) is 1.73. The highest BCUT2D eigenvalue weighted by Gasteiger charge is 2.36. The zero-order valence-corrected chi connectivity index (χ0v) is 15.1. The van der Waals surface area contributed by atoms with Gasteiger partial charge in [0.05, 0.1) is 25.3 Å². The summed E-state index contributed by atoms with van der Waals surface area (Å²) in [5.74, 6) is 0.340. The van der Waals surface area contributed by atoms with E-state index >= 15 is 0 Å². The minimum atomic E-state index is -0.226. The summed E-state index contributed by atoms with van der Waals surface area (Å²) in [5, 5.41) is 0. The number of carbonyl (C=O) groups is 2. The van der Waals surface area contributed by atoms with Gasteiger partial charge in [0.2, 0.25) is 0 Å². The highest BCUT2D eigenvalue weighted by molar-refractivity contribution is 9.10. The summed E-state index contributed by atoms with van der Waals surface area (Å²) in [4.78, 5) is 27.2. The van der Waals surface area contributed by atoms with Crippen LogP contribution < -0.4 is 9.64 Å². The summed E-state index contributed by atoms with van der Waals surface area (Å²) < 4.78 is 6.35. The minimum Gasteiger partial charge on any atom is -0.496 e. The Morgan fingerprint density at radius 2 is 1.71 bits per heavy atom. The van der Waals surface area contributed by atoms with Crippen LogP contribution in [0.25, 0.3) is 0 Å². The number of halogens is 1. The number of methoxy groups -OCH3 is 1. The quantitative estimate of drug-likeness (QED) is 0.792. The molecule has 0 saturated carbocycles. The summed E-state index contributed by atoms with van der Waals surface area (Å²) >= 11 is 3.46. The van der Waals surface area contributed by atoms with E-state index in [0.717, 1.165) is 20.7 Å². The molecule has 2 aromatic rings. The molecule has 5 nitrogen and oxygen atoms in total. The molecule has 124 valence electrons. The molecule has 1 N–H and O–H groups in total. The third-order valence-corrected chi connectivity index (χ3v) is 4.53. The highest BCUT2D eigenvalue weighted by atomic mass is 79.9. The SMILES string of the molecule is COc1ccc(Br)cc1C[NH+](C)CN1C(=O)c2ccccc2C1=O. The summed E-state index contributed by atoms with van der Waals surface area (Å²) in [5.41, 5.74) is 1.98. The van der Waals surface area contributed by atoms with E-state index in [2.05, 4.69) is 15.9 Å². The van der Waals surface area contributed by atoms with Crippen LogP contribution in [0.4, 0.5) is 0 Å². The van der Waals surface area contributed by atoms with Gasteiger partial charge in [0.25, 0.3) is 11.8 Å². The lowest BCUT2D eigenvalue weighted by Gasteiger charge is -2.21. The Labute approximate surface area is 148 Å². The van der Waals surface area contributed by atoms with Gasteiger partial charge in [0.15, 0.2) is 6.67 Å². The van der Waals surface area contributed by atoms with Gasteiger partial charge < -0.3 is 9.64 Å². The fraction of sp³-hybridized carbons (Fsp3) is 0.222. The number of quaternary nitrogens is 1. The van der Waals surface area contributed by atoms with Crippen molar-refractivity contribution in [2.24, 2.45) is 0 Å². The maximum Gasteiger partial charge on any atom is 0.265 e. The van der Waals surface area contributed by atoms with Crippen molar-refractivity contribution >= 4 is 27.7 Å². The van der Waals surface area contributed by atoms with Crippen LogP contribution in [0.5, 0.6) is 5.75 Å². The first-order valence-electron chi connectivity index (χ1n) is 7.60. The number of fused-ring (bicyclic) bond motifs is 1. The number of nitrogens with zero attached hydrogens (tertiary/aromatic N) is 1. The Kier molecular flexibility index (Phi) is 4.69. The molecule has 0 aliphatic carbocycles. The number of carbonyl (C=O) groups excluding carboxylic acids is 2. The zero-order chi connectivity index (χ0) is 17.3. The Hall–Kier alpha value is -2.18. The molecule has 6 heteroatoms. The third-order valence-electron chi connectivity index (χ3n) is 4.04. The van der Waals surface area contributed by atoms with Crippen LogP contribution >= 0.6 is 15.9 Å². The van der Waals surface area contributed by atoms with Crippen molar-refractivity contribution in [1.29, 1.82) is 0 Å². The van der Waals surface area contributed by atoms with E-state index in [0.29, 0.717) is 24.3 Å². The van der Waals surface area contributed by atoms with Gasteiger partial charge in [0, 0.05) is 10.0 Å². The summed E-state index contributed by atoms with van der Waals surface area (Å²) in [6.07, 6.45) is 0. The van der Waals surface area contributed by atoms with Gasteiger partial charge in [-0.2, -0.15) is 0 Å². The maximum atomic E-state index is 12.4. The minimum absolute atomic E-state index is 0.226. The van der Waals surface area contributed by atoms with Crippen LogP contribution in [-0.4, -0.2) is 37.5 Å². The fourth-order valence-corrected chi connectivity index (χ4v) is 3.33. The van der Waals surface area contributed by atoms with Crippen molar-refractivity contribution < 1.29 is 19.2 Å². The summed E-state index contributed by atoms with van der Waals surface area (Å²) in [6.45, 7) is 0.942. The highest BCUT2D eigenvalue weighted by Crippen LogP contribution is 2.23. The number of benzene rings is 2. The second-order valence-corrected chi connectivity index (χ2v) is 6.75. The van der Waals surface area contributed by atoms with Gasteiger partial charge in [-0.1, -0.05) is 28.1 Å². The number of hydrogen-bond acceptors (Lipinski definition) is 3. The number of amides is 2. The second-order valence-electron chi connectivity index (χ2n) is 5.83. The standard InChI is InChI=1S/C18H17BrN2O3/c1-20(10-12-9-13(19)7-8-16(12)24-2)11-21-17(22)14-5-3-4-6-15(14)18(21)23/h3-9H,10-11H2,1-2H3/p+1. The molecule has 0 radical (unpaired) electrons. The number of nitrogens with one attached hydrogen (secondary N) is 1. The van der Waals surface area contributed by atoms with Crippen LogP contribution in [0, 0.1) is 0 Å². The largest absolute Gasteiger partial charge is 0.496 e. The lowest BCUT2D eigenvalue weighted by molar-refractivity contribution is -0.901. The van der Waals surface area contributed by atoms with Crippen LogP contribution in [-0.2, 0) is 6.54 Å². The number of imide groups is 1. The van der Waals surface area contributed by atoms with E-state index in [4.69, 9.17) is 4.74 Å². The second kappa shape index (κ2) is 6.75. The van der Waals surface area contributed by atoms with Gasteiger partial charge in [-0.15, -0.1) is 0 Å². The zero-order valence-electron chi connectivity index (χ0n) is 13.5. The normalized spacial score (nSPS) is 14.7. The molecule has 24 heavy (non-hydrogen) atoms. The molecule has 0 fully saturated rings. The molecule has 1 aliphatic rings. The van der Waals surface area contributed by atoms with Crippen molar-refractivity contribution in [3.63, 3.8) is 0 Å². The first-order valence-corrected chi connectivity index (χ1v) is 8.39. The average Bonchev–Trinajstić information content (AvgIpc) is 2.80. The van der Waals surface area contributed by atoms with Crippen LogP contribution in [0.2, 0.25) is 0 Å². The molecule has 1 aliphatic heterocycles. The molecular formula is C18H18BrN2O3+. The molecule has 3 rings (SSSR count). The third kappa shape index (κ3) is 3.07. The van der Waals surface area contributed by atoms with Crippen molar-refractivity contribution in [3.8, 4) is 5.75 Å². The Morgan fingerprint density at radius 3 is 2.29 bits per heavy atom. The van der Waals surface area contributed by atoms with Gasteiger partial charge in [-0.25, -0.2) is 4.90 Å². The first kappa shape index (κ1) is 16.7. The van der Waals surface area contributed by atoms with E-state index in [1.165, 1.54) is 4.90 Å². The van der Waals surface area contributed by atoms with Crippen molar-refractivity contribution in [3.05, 3.63) is 63.6 Å². The topological polar surface area (TPSA) is 51.1 Å². The van der Waals surface area contributed by atoms with Crippen molar-refractivity contribution in [2.75, 3.05) is 20.8 Å². The van der Waals surface area contributed by atoms with E-state index in [-0.39, 0.29) is 11.8 Å². The molecule has 1 atom stereocenters. The molecule has 0 bridgehead atoms. The molecule has 2 amide bonds. The van der Waals surface area contributed by atoms with Gasteiger partial charge >= 0.3 is 0 Å². The number of ether oxygens (including phenoxy) is 1. The fourth-order valence-electron chi connectivity index (χ4n) is 2.92.